The lowest BCUT2D eigenvalue weighted by Gasteiger charge is -2.32. The molecule has 1 fully saturated rings. The van der Waals surface area contributed by atoms with Gasteiger partial charge in [-0.15, -0.1) is 0 Å². The van der Waals surface area contributed by atoms with Gasteiger partial charge in [0, 0.05) is 32.4 Å². The third-order valence-corrected chi connectivity index (χ3v) is 6.11. The molecule has 0 atom stereocenters. The molecule has 0 saturated carbocycles. The van der Waals surface area contributed by atoms with Crippen LogP contribution in [-0.4, -0.2) is 62.9 Å². The lowest BCUT2D eigenvalue weighted by atomic mass is 10.4. The highest BCUT2D eigenvalue weighted by atomic mass is 32.2. The van der Waals surface area contributed by atoms with Crippen LogP contribution >= 0.6 is 0 Å². The number of aromatic nitrogens is 1. The van der Waals surface area contributed by atoms with Crippen molar-refractivity contribution in [1.29, 1.82) is 0 Å². The van der Waals surface area contributed by atoms with Crippen molar-refractivity contribution in [2.45, 2.75) is 5.03 Å². The maximum atomic E-state index is 13.5. The van der Waals surface area contributed by atoms with Crippen molar-refractivity contribution >= 4 is 20.0 Å². The van der Waals surface area contributed by atoms with Gasteiger partial charge in [-0.05, 0) is 12.1 Å². The fourth-order valence-corrected chi connectivity index (χ4v) is 4.15. The zero-order valence-electron chi connectivity index (χ0n) is 10.7. The summed E-state index contributed by atoms with van der Waals surface area (Å²) < 4.78 is 62.9. The Bertz CT molecular complexity index is 697. The van der Waals surface area contributed by atoms with E-state index in [1.54, 1.807) is 0 Å². The number of nitrogens with zero attached hydrogens (tertiary/aromatic N) is 3. The van der Waals surface area contributed by atoms with Crippen molar-refractivity contribution in [3.63, 3.8) is 0 Å². The summed E-state index contributed by atoms with van der Waals surface area (Å²) in [6, 6.07) is 2.32. The average molecular weight is 323 g/mol. The second-order valence-corrected chi connectivity index (χ2v) is 8.19. The molecule has 0 radical (unpaired) electrons. The fraction of sp³-hybridized carbons (Fsp3) is 0.500. The molecule has 7 nitrogen and oxygen atoms in total. The van der Waals surface area contributed by atoms with Crippen LogP contribution in [0.4, 0.5) is 4.39 Å². The summed E-state index contributed by atoms with van der Waals surface area (Å²) in [5.41, 5.74) is 0. The Morgan fingerprint density at radius 3 is 2.15 bits per heavy atom. The fourth-order valence-electron chi connectivity index (χ4n) is 1.93. The number of hydrogen-bond donors (Lipinski definition) is 0. The van der Waals surface area contributed by atoms with E-state index in [0.29, 0.717) is 0 Å². The number of sulfonamides is 2. The van der Waals surface area contributed by atoms with E-state index in [4.69, 9.17) is 0 Å². The Labute approximate surface area is 117 Å². The lowest BCUT2D eigenvalue weighted by molar-refractivity contribution is 0.272. The van der Waals surface area contributed by atoms with Crippen LogP contribution in [-0.2, 0) is 20.0 Å². The van der Waals surface area contributed by atoms with Gasteiger partial charge in [0.1, 0.15) is 0 Å². The van der Waals surface area contributed by atoms with Crippen LogP contribution in [0.25, 0.3) is 0 Å². The summed E-state index contributed by atoms with van der Waals surface area (Å²) in [5, 5.41) is -0.632. The van der Waals surface area contributed by atoms with Gasteiger partial charge in [-0.1, -0.05) is 0 Å². The van der Waals surface area contributed by atoms with Crippen molar-refractivity contribution < 1.29 is 21.2 Å². The molecule has 0 bridgehead atoms. The monoisotopic (exact) mass is 323 g/mol. The highest BCUT2D eigenvalue weighted by molar-refractivity contribution is 7.89. The maximum absolute atomic E-state index is 13.5. The summed E-state index contributed by atoms with van der Waals surface area (Å²) in [5.74, 6) is -0.918. The van der Waals surface area contributed by atoms with Gasteiger partial charge in [-0.3, -0.25) is 0 Å². The average Bonchev–Trinajstić information content (AvgIpc) is 2.38. The molecule has 1 aromatic rings. The molecular weight excluding hydrogens is 309 g/mol. The van der Waals surface area contributed by atoms with Gasteiger partial charge in [0.25, 0.3) is 10.0 Å². The molecule has 112 valence electrons. The summed E-state index contributed by atoms with van der Waals surface area (Å²) in [7, 11) is -7.38. The van der Waals surface area contributed by atoms with Gasteiger partial charge in [-0.2, -0.15) is 8.61 Å². The first-order valence-corrected chi connectivity index (χ1v) is 9.07. The van der Waals surface area contributed by atoms with Gasteiger partial charge < -0.3 is 0 Å². The maximum Gasteiger partial charge on any atom is 0.263 e. The van der Waals surface area contributed by atoms with Crippen LogP contribution in [0.15, 0.2) is 23.4 Å². The molecule has 0 spiro atoms. The van der Waals surface area contributed by atoms with Gasteiger partial charge in [0.2, 0.25) is 15.0 Å². The van der Waals surface area contributed by atoms with Gasteiger partial charge >= 0.3 is 0 Å². The molecule has 0 N–H and O–H groups in total. The quantitative estimate of drug-likeness (QED) is 0.747. The molecule has 0 aliphatic carbocycles. The minimum atomic E-state index is -4.04. The Balaban J connectivity index is 2.20. The molecule has 0 unspecified atom stereocenters. The standard InChI is InChI=1S/C10H14FN3O4S2/c1-19(15,16)13-5-7-14(8-6-13)20(17,18)10-9(11)3-2-4-12-10/h2-4H,5-8H2,1H3. The molecule has 20 heavy (non-hydrogen) atoms. The molecule has 2 heterocycles. The normalized spacial score (nSPS) is 19.1. The second kappa shape index (κ2) is 5.35. The van der Waals surface area contributed by atoms with Crippen LogP contribution in [0.5, 0.6) is 0 Å². The summed E-state index contributed by atoms with van der Waals surface area (Å²) in [4.78, 5) is 3.56. The highest BCUT2D eigenvalue weighted by Gasteiger charge is 2.33. The molecule has 10 heteroatoms. The van der Waals surface area contributed by atoms with Crippen molar-refractivity contribution in [2.24, 2.45) is 0 Å². The summed E-state index contributed by atoms with van der Waals surface area (Å²) in [6.07, 6.45) is 2.26. The van der Waals surface area contributed by atoms with Crippen molar-refractivity contribution in [3.8, 4) is 0 Å². The highest BCUT2D eigenvalue weighted by Crippen LogP contribution is 2.18. The predicted octanol–water partition coefficient (Wildman–Crippen LogP) is -0.513. The lowest BCUT2D eigenvalue weighted by Crippen LogP contribution is -2.50. The van der Waals surface area contributed by atoms with Crippen LogP contribution in [0.2, 0.25) is 0 Å². The van der Waals surface area contributed by atoms with Gasteiger partial charge in [-0.25, -0.2) is 26.2 Å². The third-order valence-electron chi connectivity index (χ3n) is 2.98. The number of halogens is 1. The Morgan fingerprint density at radius 2 is 1.65 bits per heavy atom. The molecule has 0 aromatic carbocycles. The van der Waals surface area contributed by atoms with Crippen molar-refractivity contribution in [2.75, 3.05) is 32.4 Å². The largest absolute Gasteiger partial charge is 0.263 e. The SMILES string of the molecule is CS(=O)(=O)N1CCN(S(=O)(=O)c2ncccc2F)CC1. The van der Waals surface area contributed by atoms with Crippen molar-refractivity contribution in [3.05, 3.63) is 24.1 Å². The Morgan fingerprint density at radius 1 is 1.10 bits per heavy atom. The van der Waals surface area contributed by atoms with Gasteiger partial charge in [0.15, 0.2) is 5.82 Å². The molecular formula is C10H14FN3O4S2. The van der Waals surface area contributed by atoms with E-state index < -0.39 is 30.9 Å². The van der Waals surface area contributed by atoms with E-state index >= 15 is 0 Å². The molecule has 2 rings (SSSR count). The number of pyridine rings is 1. The number of piperazine rings is 1. The minimum absolute atomic E-state index is 0.0224. The Kier molecular flexibility index (Phi) is 4.09. The molecule has 1 aliphatic rings. The van der Waals surface area contributed by atoms with Gasteiger partial charge in [0.05, 0.1) is 6.26 Å². The minimum Gasteiger partial charge on any atom is -0.241 e. The smallest absolute Gasteiger partial charge is 0.241 e. The predicted molar refractivity (Wildman–Crippen MR) is 69.4 cm³/mol. The first-order valence-electron chi connectivity index (χ1n) is 5.79. The van der Waals surface area contributed by atoms with E-state index in [9.17, 15) is 21.2 Å². The van der Waals surface area contributed by atoms with E-state index in [0.717, 1.165) is 16.6 Å². The topological polar surface area (TPSA) is 87.7 Å². The Hall–Kier alpha value is -1.10. The summed E-state index contributed by atoms with van der Waals surface area (Å²) >= 11 is 0. The van der Waals surface area contributed by atoms with Crippen molar-refractivity contribution in [1.82, 2.24) is 13.6 Å². The number of hydrogen-bond acceptors (Lipinski definition) is 5. The van der Waals surface area contributed by atoms with E-state index in [1.165, 1.54) is 16.6 Å². The van der Waals surface area contributed by atoms with Crippen LogP contribution < -0.4 is 0 Å². The third kappa shape index (κ3) is 2.97. The molecule has 1 saturated heterocycles. The molecule has 1 aliphatic heterocycles. The van der Waals surface area contributed by atoms with E-state index in [-0.39, 0.29) is 26.2 Å². The van der Waals surface area contributed by atoms with E-state index in [2.05, 4.69) is 4.98 Å². The zero-order valence-corrected chi connectivity index (χ0v) is 12.4. The molecule has 0 amide bonds. The number of rotatable bonds is 3. The first kappa shape index (κ1) is 15.3. The summed E-state index contributed by atoms with van der Waals surface area (Å²) in [6.45, 7) is 0.0515. The van der Waals surface area contributed by atoms with Crippen LogP contribution in [0.1, 0.15) is 0 Å². The first-order chi connectivity index (χ1) is 9.23. The van der Waals surface area contributed by atoms with Crippen LogP contribution in [0.3, 0.4) is 0 Å². The van der Waals surface area contributed by atoms with Crippen LogP contribution in [0, 0.1) is 5.82 Å². The second-order valence-electron chi connectivity index (χ2n) is 4.36. The van der Waals surface area contributed by atoms with E-state index in [1.807, 2.05) is 0 Å². The zero-order chi connectivity index (χ0) is 15.0. The molecule has 1 aromatic heterocycles.